The molecule has 1 aromatic heterocycles. The van der Waals surface area contributed by atoms with Gasteiger partial charge in [0.15, 0.2) is 5.15 Å². The quantitative estimate of drug-likeness (QED) is 0.740. The molecular weight excluding hydrogens is 280 g/mol. The zero-order chi connectivity index (χ0) is 15.0. The Balaban J connectivity index is 2.38. The molecule has 0 aliphatic rings. The number of hydrogen-bond donors (Lipinski definition) is 2. The second-order valence-electron chi connectivity index (χ2n) is 4.41. The number of carbonyl (C=O) groups is 2. The maximum absolute atomic E-state index is 11.8. The van der Waals surface area contributed by atoms with Gasteiger partial charge in [0.2, 0.25) is 11.8 Å². The highest BCUT2D eigenvalue weighted by Crippen LogP contribution is 2.16. The molecule has 0 aliphatic heterocycles. The van der Waals surface area contributed by atoms with Gasteiger partial charge >= 0.3 is 0 Å². The van der Waals surface area contributed by atoms with E-state index in [1.807, 2.05) is 6.92 Å². The van der Waals surface area contributed by atoms with E-state index >= 15 is 0 Å². The molecule has 0 radical (unpaired) electrons. The first-order valence-electron chi connectivity index (χ1n) is 6.38. The van der Waals surface area contributed by atoms with Gasteiger partial charge in [0.05, 0.1) is 18.8 Å². The van der Waals surface area contributed by atoms with E-state index in [0.717, 1.165) is 6.42 Å². The average molecular weight is 299 g/mol. The Bertz CT molecular complexity index is 467. The Morgan fingerprint density at radius 3 is 2.70 bits per heavy atom. The molecule has 110 valence electrons. The van der Waals surface area contributed by atoms with E-state index in [0.29, 0.717) is 12.2 Å². The highest BCUT2D eigenvalue weighted by Gasteiger charge is 2.11. The maximum Gasteiger partial charge on any atom is 0.238 e. The van der Waals surface area contributed by atoms with Gasteiger partial charge in [-0.05, 0) is 25.6 Å². The lowest BCUT2D eigenvalue weighted by Gasteiger charge is -2.16. The minimum Gasteiger partial charge on any atom is -0.355 e. The molecule has 0 bridgehead atoms. The molecule has 1 aromatic rings. The summed E-state index contributed by atoms with van der Waals surface area (Å²) in [6.45, 7) is 2.90. The van der Waals surface area contributed by atoms with Crippen LogP contribution in [0.25, 0.3) is 0 Å². The second-order valence-corrected chi connectivity index (χ2v) is 4.77. The summed E-state index contributed by atoms with van der Waals surface area (Å²) >= 11 is 5.84. The van der Waals surface area contributed by atoms with Crippen molar-refractivity contribution in [3.05, 3.63) is 23.5 Å². The molecule has 0 aliphatic carbocycles. The second kappa shape index (κ2) is 8.50. The lowest BCUT2D eigenvalue weighted by atomic mass is 10.4. The molecule has 6 nitrogen and oxygen atoms in total. The number of pyridine rings is 1. The molecule has 0 unspecified atom stereocenters. The summed E-state index contributed by atoms with van der Waals surface area (Å²) in [7, 11) is 1.70. The molecule has 0 spiro atoms. The molecule has 0 aromatic carbocycles. The average Bonchev–Trinajstić information content (AvgIpc) is 2.38. The SMILES string of the molecule is CCCNC(=O)CN(C)CC(=O)Nc1cccnc1Cl. The molecule has 2 amide bonds. The van der Waals surface area contributed by atoms with Crippen LogP contribution in [0.2, 0.25) is 5.15 Å². The van der Waals surface area contributed by atoms with Crippen LogP contribution < -0.4 is 10.6 Å². The summed E-state index contributed by atoms with van der Waals surface area (Å²) in [6, 6.07) is 3.35. The minimum atomic E-state index is -0.245. The van der Waals surface area contributed by atoms with Gasteiger partial charge < -0.3 is 10.6 Å². The number of amides is 2. The highest BCUT2D eigenvalue weighted by atomic mass is 35.5. The standard InChI is InChI=1S/C13H19ClN4O2/c1-3-6-15-11(19)8-18(2)9-12(20)17-10-5-4-7-16-13(10)14/h4-5,7H,3,6,8-9H2,1-2H3,(H,15,19)(H,17,20). The largest absolute Gasteiger partial charge is 0.355 e. The maximum atomic E-state index is 11.8. The van der Waals surface area contributed by atoms with Crippen LogP contribution in [0.1, 0.15) is 13.3 Å². The number of likely N-dealkylation sites (N-methyl/N-ethyl adjacent to an activating group) is 1. The van der Waals surface area contributed by atoms with Crippen LogP contribution in [0.3, 0.4) is 0 Å². The zero-order valence-electron chi connectivity index (χ0n) is 11.6. The van der Waals surface area contributed by atoms with Crippen LogP contribution >= 0.6 is 11.6 Å². The van der Waals surface area contributed by atoms with Crippen molar-refractivity contribution in [1.82, 2.24) is 15.2 Å². The first-order chi connectivity index (χ1) is 9.52. The lowest BCUT2D eigenvalue weighted by Crippen LogP contribution is -2.39. The normalized spacial score (nSPS) is 10.4. The number of rotatable bonds is 7. The molecule has 0 saturated carbocycles. The van der Waals surface area contributed by atoms with Crippen molar-refractivity contribution in [3.63, 3.8) is 0 Å². The van der Waals surface area contributed by atoms with Crippen molar-refractivity contribution in [2.45, 2.75) is 13.3 Å². The highest BCUT2D eigenvalue weighted by molar-refractivity contribution is 6.32. The van der Waals surface area contributed by atoms with E-state index < -0.39 is 0 Å². The third-order valence-corrected chi connectivity index (χ3v) is 2.73. The Morgan fingerprint density at radius 1 is 1.35 bits per heavy atom. The summed E-state index contributed by atoms with van der Waals surface area (Å²) < 4.78 is 0. The van der Waals surface area contributed by atoms with Crippen LogP contribution in [-0.2, 0) is 9.59 Å². The summed E-state index contributed by atoms with van der Waals surface area (Å²) in [5.74, 6) is -0.341. The van der Waals surface area contributed by atoms with Crippen molar-refractivity contribution in [2.24, 2.45) is 0 Å². The molecule has 0 fully saturated rings. The van der Waals surface area contributed by atoms with Gasteiger partial charge in [0.25, 0.3) is 0 Å². The minimum absolute atomic E-state index is 0.0958. The molecule has 20 heavy (non-hydrogen) atoms. The monoisotopic (exact) mass is 298 g/mol. The van der Waals surface area contributed by atoms with E-state index in [1.165, 1.54) is 0 Å². The molecule has 1 rings (SSSR count). The van der Waals surface area contributed by atoms with E-state index in [1.54, 1.807) is 30.3 Å². The molecule has 2 N–H and O–H groups in total. The number of nitrogens with zero attached hydrogens (tertiary/aromatic N) is 2. The van der Waals surface area contributed by atoms with Gasteiger partial charge in [-0.2, -0.15) is 0 Å². The number of carbonyl (C=O) groups excluding carboxylic acids is 2. The predicted octanol–water partition coefficient (Wildman–Crippen LogP) is 1.13. The molecule has 0 atom stereocenters. The fourth-order valence-corrected chi connectivity index (χ4v) is 1.70. The van der Waals surface area contributed by atoms with Crippen LogP contribution in [0, 0.1) is 0 Å². The Morgan fingerprint density at radius 2 is 2.05 bits per heavy atom. The third kappa shape index (κ3) is 5.99. The lowest BCUT2D eigenvalue weighted by molar-refractivity contribution is -0.122. The zero-order valence-corrected chi connectivity index (χ0v) is 12.4. The number of hydrogen-bond acceptors (Lipinski definition) is 4. The fourth-order valence-electron chi connectivity index (χ4n) is 1.54. The van der Waals surface area contributed by atoms with Crippen LogP contribution in [0.15, 0.2) is 18.3 Å². The smallest absolute Gasteiger partial charge is 0.238 e. The molecule has 1 heterocycles. The number of halogens is 1. The van der Waals surface area contributed by atoms with Crippen molar-refractivity contribution in [1.29, 1.82) is 0 Å². The van der Waals surface area contributed by atoms with Crippen molar-refractivity contribution in [3.8, 4) is 0 Å². The predicted molar refractivity (Wildman–Crippen MR) is 78.7 cm³/mol. The van der Waals surface area contributed by atoms with Gasteiger partial charge in [0, 0.05) is 12.7 Å². The Labute approximate surface area is 123 Å². The fraction of sp³-hybridized carbons (Fsp3) is 0.462. The van der Waals surface area contributed by atoms with Crippen LogP contribution in [0.5, 0.6) is 0 Å². The third-order valence-electron chi connectivity index (χ3n) is 2.43. The van der Waals surface area contributed by atoms with Gasteiger partial charge in [0.1, 0.15) is 0 Å². The van der Waals surface area contributed by atoms with Gasteiger partial charge in [-0.15, -0.1) is 0 Å². The Kier molecular flexibility index (Phi) is 6.97. The van der Waals surface area contributed by atoms with Gasteiger partial charge in [-0.1, -0.05) is 18.5 Å². The molecular formula is C13H19ClN4O2. The number of aromatic nitrogens is 1. The summed E-state index contributed by atoms with van der Waals surface area (Å²) in [6.07, 6.45) is 2.43. The van der Waals surface area contributed by atoms with E-state index in [2.05, 4.69) is 15.6 Å². The molecule has 7 heteroatoms. The first-order valence-corrected chi connectivity index (χ1v) is 6.76. The number of anilines is 1. The molecule has 0 saturated heterocycles. The Hall–Kier alpha value is -1.66. The van der Waals surface area contributed by atoms with Crippen molar-refractivity contribution < 1.29 is 9.59 Å². The first kappa shape index (κ1) is 16.4. The van der Waals surface area contributed by atoms with E-state index in [4.69, 9.17) is 11.6 Å². The number of nitrogens with one attached hydrogen (secondary N) is 2. The summed E-state index contributed by atoms with van der Waals surface area (Å²) in [5, 5.41) is 5.64. The van der Waals surface area contributed by atoms with Gasteiger partial charge in [-0.3, -0.25) is 14.5 Å². The van der Waals surface area contributed by atoms with Crippen molar-refractivity contribution >= 4 is 29.1 Å². The van der Waals surface area contributed by atoms with Crippen molar-refractivity contribution in [2.75, 3.05) is 32.0 Å². The van der Waals surface area contributed by atoms with Crippen LogP contribution in [0.4, 0.5) is 5.69 Å². The topological polar surface area (TPSA) is 74.3 Å². The summed E-state index contributed by atoms with van der Waals surface area (Å²) in [5.41, 5.74) is 0.461. The van der Waals surface area contributed by atoms with Gasteiger partial charge in [-0.25, -0.2) is 4.98 Å². The van der Waals surface area contributed by atoms with Crippen LogP contribution in [-0.4, -0.2) is 48.4 Å². The van der Waals surface area contributed by atoms with E-state index in [-0.39, 0.29) is 30.1 Å². The van der Waals surface area contributed by atoms with E-state index in [9.17, 15) is 9.59 Å². The summed E-state index contributed by atoms with van der Waals surface area (Å²) in [4.78, 5) is 28.8.